The molecule has 1 N–H and O–H groups in total. The van der Waals surface area contributed by atoms with Crippen LogP contribution in [-0.2, 0) is 6.54 Å². The van der Waals surface area contributed by atoms with Crippen molar-refractivity contribution in [3.05, 3.63) is 59.7 Å². The monoisotopic (exact) mass is 323 g/mol. The molecule has 5 heteroatoms. The van der Waals surface area contributed by atoms with Crippen LogP contribution < -0.4 is 10.1 Å². The lowest BCUT2D eigenvalue weighted by atomic mass is 9.96. The Bertz CT molecular complexity index is 626. The fourth-order valence-electron chi connectivity index (χ4n) is 2.26. The second kappa shape index (κ2) is 7.40. The van der Waals surface area contributed by atoms with Gasteiger partial charge in [0, 0.05) is 17.8 Å². The van der Waals surface area contributed by atoms with Crippen molar-refractivity contribution in [2.45, 2.75) is 39.1 Å². The molecule has 0 saturated carbocycles. The van der Waals surface area contributed by atoms with Crippen LogP contribution >= 0.6 is 0 Å². The maximum Gasteiger partial charge on any atom is 0.573 e. The number of rotatable bonds is 6. The maximum atomic E-state index is 12.6. The van der Waals surface area contributed by atoms with Crippen LogP contribution in [0.25, 0.3) is 0 Å². The molecule has 0 amide bonds. The Morgan fingerprint density at radius 2 is 1.78 bits per heavy atom. The molecular weight excluding hydrogens is 303 g/mol. The zero-order valence-corrected chi connectivity index (χ0v) is 13.2. The number of halogens is 3. The van der Waals surface area contributed by atoms with Crippen molar-refractivity contribution in [3.8, 4) is 5.75 Å². The number of hydrogen-bond donors (Lipinski definition) is 1. The van der Waals surface area contributed by atoms with Gasteiger partial charge in [-0.25, -0.2) is 0 Å². The zero-order valence-electron chi connectivity index (χ0n) is 13.2. The van der Waals surface area contributed by atoms with Crippen LogP contribution in [0.15, 0.2) is 48.5 Å². The smallest absolute Gasteiger partial charge is 0.405 e. The molecule has 0 radical (unpaired) electrons. The molecule has 2 rings (SSSR count). The molecule has 0 saturated heterocycles. The average Bonchev–Trinajstić information content (AvgIpc) is 2.52. The van der Waals surface area contributed by atoms with E-state index in [2.05, 4.69) is 10.1 Å². The van der Waals surface area contributed by atoms with E-state index >= 15 is 0 Å². The molecule has 2 nitrogen and oxygen atoms in total. The molecule has 0 heterocycles. The minimum atomic E-state index is -4.70. The number of nitrogens with one attached hydrogen (secondary N) is 1. The molecular formula is C18H20F3NO. The summed E-state index contributed by atoms with van der Waals surface area (Å²) < 4.78 is 41.9. The van der Waals surface area contributed by atoms with Gasteiger partial charge in [-0.3, -0.25) is 0 Å². The van der Waals surface area contributed by atoms with E-state index in [9.17, 15) is 13.2 Å². The maximum absolute atomic E-state index is 12.6. The van der Waals surface area contributed by atoms with Crippen LogP contribution in [0.5, 0.6) is 5.75 Å². The summed E-state index contributed by atoms with van der Waals surface area (Å²) in [6, 6.07) is 14.2. The Hall–Kier alpha value is -2.17. The van der Waals surface area contributed by atoms with E-state index in [4.69, 9.17) is 0 Å². The van der Waals surface area contributed by atoms with E-state index in [0.717, 1.165) is 17.7 Å². The van der Waals surface area contributed by atoms with Gasteiger partial charge in [0.1, 0.15) is 5.75 Å². The van der Waals surface area contributed by atoms with Crippen molar-refractivity contribution >= 4 is 5.69 Å². The Morgan fingerprint density at radius 3 is 2.39 bits per heavy atom. The number of para-hydroxylation sites is 1. The molecule has 2 aromatic rings. The first kappa shape index (κ1) is 17.2. The Morgan fingerprint density at radius 1 is 1.09 bits per heavy atom. The summed E-state index contributed by atoms with van der Waals surface area (Å²) in [6.07, 6.45) is -3.77. The first-order valence-electron chi connectivity index (χ1n) is 7.56. The van der Waals surface area contributed by atoms with E-state index in [1.807, 2.05) is 44.2 Å². The van der Waals surface area contributed by atoms with Gasteiger partial charge in [0.2, 0.25) is 0 Å². The van der Waals surface area contributed by atoms with Gasteiger partial charge < -0.3 is 10.1 Å². The van der Waals surface area contributed by atoms with Crippen LogP contribution in [0.4, 0.5) is 18.9 Å². The molecule has 23 heavy (non-hydrogen) atoms. The van der Waals surface area contributed by atoms with E-state index < -0.39 is 6.36 Å². The number of hydrogen-bond acceptors (Lipinski definition) is 2. The van der Waals surface area contributed by atoms with Crippen LogP contribution in [0, 0.1) is 0 Å². The van der Waals surface area contributed by atoms with Gasteiger partial charge in [-0.15, -0.1) is 13.2 Å². The summed E-state index contributed by atoms with van der Waals surface area (Å²) in [5, 5.41) is 3.12. The van der Waals surface area contributed by atoms with E-state index in [1.54, 1.807) is 12.1 Å². The summed E-state index contributed by atoms with van der Waals surface area (Å²) in [5.41, 5.74) is 2.34. The van der Waals surface area contributed by atoms with Crippen LogP contribution in [0.3, 0.4) is 0 Å². The first-order chi connectivity index (χ1) is 10.9. The Balaban J connectivity index is 2.24. The molecule has 0 fully saturated rings. The van der Waals surface area contributed by atoms with Crippen LogP contribution in [0.2, 0.25) is 0 Å². The highest BCUT2D eigenvalue weighted by Crippen LogP contribution is 2.30. The van der Waals surface area contributed by atoms with Crippen LogP contribution in [0.1, 0.15) is 37.3 Å². The normalized spacial score (nSPS) is 12.7. The quantitative estimate of drug-likeness (QED) is 0.735. The van der Waals surface area contributed by atoms with Crippen molar-refractivity contribution in [3.63, 3.8) is 0 Å². The van der Waals surface area contributed by atoms with Gasteiger partial charge in [-0.1, -0.05) is 44.2 Å². The van der Waals surface area contributed by atoms with Crippen molar-refractivity contribution < 1.29 is 17.9 Å². The van der Waals surface area contributed by atoms with Crippen molar-refractivity contribution in [2.75, 3.05) is 5.32 Å². The summed E-state index contributed by atoms with van der Waals surface area (Å²) >= 11 is 0. The fraction of sp³-hybridized carbons (Fsp3) is 0.333. The minimum Gasteiger partial charge on any atom is -0.405 e. The number of ether oxygens (including phenoxy) is 1. The Labute approximate surface area is 134 Å². The second-order valence-corrected chi connectivity index (χ2v) is 5.44. The summed E-state index contributed by atoms with van der Waals surface area (Å²) in [7, 11) is 0. The van der Waals surface area contributed by atoms with E-state index in [1.165, 1.54) is 6.07 Å². The van der Waals surface area contributed by atoms with Gasteiger partial charge in [0.25, 0.3) is 0 Å². The van der Waals surface area contributed by atoms with E-state index in [-0.39, 0.29) is 18.2 Å². The fourth-order valence-corrected chi connectivity index (χ4v) is 2.26. The van der Waals surface area contributed by atoms with Crippen molar-refractivity contribution in [1.82, 2.24) is 0 Å². The lowest BCUT2D eigenvalue weighted by Gasteiger charge is -2.17. The summed E-state index contributed by atoms with van der Waals surface area (Å²) in [4.78, 5) is 0. The second-order valence-electron chi connectivity index (χ2n) is 5.44. The zero-order chi connectivity index (χ0) is 16.9. The molecule has 0 spiro atoms. The molecule has 0 aliphatic carbocycles. The standard InChI is InChI=1S/C18H20F3NO/c1-3-13(2)14-9-10-17(23-18(19,20)21)15(11-14)12-22-16-7-5-4-6-8-16/h4-11,13,22H,3,12H2,1-2H3. The molecule has 0 aromatic heterocycles. The minimum absolute atomic E-state index is 0.159. The first-order valence-corrected chi connectivity index (χ1v) is 7.56. The summed E-state index contributed by atoms with van der Waals surface area (Å²) in [6.45, 7) is 4.36. The van der Waals surface area contributed by atoms with Crippen molar-refractivity contribution in [2.24, 2.45) is 0 Å². The average molecular weight is 323 g/mol. The van der Waals surface area contributed by atoms with Gasteiger partial charge in [0.15, 0.2) is 0 Å². The van der Waals surface area contributed by atoms with Gasteiger partial charge in [0.05, 0.1) is 0 Å². The number of anilines is 1. The molecule has 0 bridgehead atoms. The third-order valence-electron chi connectivity index (χ3n) is 3.75. The SMILES string of the molecule is CCC(C)c1ccc(OC(F)(F)F)c(CNc2ccccc2)c1. The highest BCUT2D eigenvalue weighted by Gasteiger charge is 2.32. The molecule has 124 valence electrons. The molecule has 0 aliphatic rings. The van der Waals surface area contributed by atoms with Crippen LogP contribution in [-0.4, -0.2) is 6.36 Å². The third-order valence-corrected chi connectivity index (χ3v) is 3.75. The number of benzene rings is 2. The highest BCUT2D eigenvalue weighted by atomic mass is 19.4. The van der Waals surface area contributed by atoms with Gasteiger partial charge in [-0.2, -0.15) is 0 Å². The van der Waals surface area contributed by atoms with Gasteiger partial charge >= 0.3 is 6.36 Å². The third kappa shape index (κ3) is 5.20. The van der Waals surface area contributed by atoms with E-state index in [0.29, 0.717) is 5.56 Å². The lowest BCUT2D eigenvalue weighted by Crippen LogP contribution is -2.19. The lowest BCUT2D eigenvalue weighted by molar-refractivity contribution is -0.274. The molecule has 2 aromatic carbocycles. The van der Waals surface area contributed by atoms with Crippen molar-refractivity contribution in [1.29, 1.82) is 0 Å². The predicted molar refractivity (Wildman–Crippen MR) is 85.6 cm³/mol. The molecule has 1 unspecified atom stereocenters. The summed E-state index contributed by atoms with van der Waals surface area (Å²) in [5.74, 6) is 0.124. The molecule has 1 atom stereocenters. The topological polar surface area (TPSA) is 21.3 Å². The highest BCUT2D eigenvalue weighted by molar-refractivity contribution is 5.46. The molecule has 0 aliphatic heterocycles. The Kier molecular flexibility index (Phi) is 5.53. The largest absolute Gasteiger partial charge is 0.573 e. The number of alkyl halides is 3. The predicted octanol–water partition coefficient (Wildman–Crippen LogP) is 5.71. The van der Waals surface area contributed by atoms with Gasteiger partial charge in [-0.05, 0) is 36.1 Å².